The van der Waals surface area contributed by atoms with Crippen LogP contribution in [0, 0.1) is 13.8 Å². The summed E-state index contributed by atoms with van der Waals surface area (Å²) in [6, 6.07) is 17.9. The molecular weight excluding hydrogens is 1170 g/mol. The second kappa shape index (κ2) is 72.7. The van der Waals surface area contributed by atoms with E-state index in [1.165, 1.54) is 395 Å². The Morgan fingerprint density at radius 2 is 0.441 bits per heavy atom. The van der Waals surface area contributed by atoms with Crippen LogP contribution in [0.4, 0.5) is 0 Å². The smallest absolute Gasteiger partial charge is 0.493 e. The zero-order chi connectivity index (χ0) is 66.5. The normalized spacial score (nSPS) is 12.2. The van der Waals surface area contributed by atoms with Crippen LogP contribution in [0.5, 0.6) is 0 Å². The third-order valence-corrected chi connectivity index (χ3v) is 20.2. The Morgan fingerprint density at radius 1 is 0.247 bits per heavy atom. The largest absolute Gasteiger partial charge is 2.00 e. The molecule has 0 atom stereocenters. The topological polar surface area (TPSA) is 25.3 Å². The van der Waals surface area contributed by atoms with Crippen molar-refractivity contribution in [1.29, 1.82) is 0 Å². The summed E-state index contributed by atoms with van der Waals surface area (Å²) in [6.45, 7) is 21.5. The maximum absolute atomic E-state index is 11.9. The Balaban J connectivity index is 0.00000139. The van der Waals surface area contributed by atoms with Gasteiger partial charge in [-0.05, 0) is 86.8 Å². The third kappa shape index (κ3) is 53.6. The Morgan fingerprint density at radius 3 is 0.667 bits per heavy atom. The summed E-state index contributed by atoms with van der Waals surface area (Å²) in [4.78, 5) is 0. The molecule has 0 fully saturated rings. The van der Waals surface area contributed by atoms with E-state index in [1.807, 2.05) is 0 Å². The predicted octanol–water partition coefficient (Wildman–Crippen LogP) is 32.7. The van der Waals surface area contributed by atoms with Gasteiger partial charge < -0.3 is 19.4 Å². The first-order valence-electron chi connectivity index (χ1n) is 42.2. The minimum absolute atomic E-state index is 0. The minimum atomic E-state index is 0. The summed E-state index contributed by atoms with van der Waals surface area (Å²) in [6.07, 6.45) is 91.6. The van der Waals surface area contributed by atoms with Crippen molar-refractivity contribution in [1.82, 2.24) is 0 Å². The van der Waals surface area contributed by atoms with Crippen LogP contribution in [0.3, 0.4) is 0 Å². The molecule has 542 valence electrons. The van der Waals surface area contributed by atoms with E-state index in [0.717, 1.165) is 73.9 Å². The molecular formula is C90H162N2Ni. The van der Waals surface area contributed by atoms with Gasteiger partial charge in [-0.15, -0.1) is 0 Å². The maximum atomic E-state index is 11.9. The van der Waals surface area contributed by atoms with E-state index in [2.05, 4.69) is 104 Å². The fraction of sp³-hybridized carbons (Fsp3) is 0.800. The molecule has 0 aliphatic carbocycles. The van der Waals surface area contributed by atoms with Gasteiger partial charge in [0, 0.05) is 22.3 Å². The maximum Gasteiger partial charge on any atom is 2.00 e. The van der Waals surface area contributed by atoms with E-state index in [-0.39, 0.29) is 16.5 Å². The molecule has 3 heteroatoms. The van der Waals surface area contributed by atoms with Crippen molar-refractivity contribution in [2.75, 3.05) is 0 Å². The quantitative estimate of drug-likeness (QED) is 0.0273. The summed E-state index contributed by atoms with van der Waals surface area (Å²) in [7, 11) is 0. The minimum Gasteiger partial charge on any atom is -0.493 e. The first kappa shape index (κ1) is 91.0. The Hall–Kier alpha value is -1.99. The van der Waals surface area contributed by atoms with Crippen molar-refractivity contribution < 1.29 is 21.2 Å². The summed E-state index contributed by atoms with van der Waals surface area (Å²) in [5.74, 6) is 0. The number of benzene rings is 2. The van der Waals surface area contributed by atoms with Crippen molar-refractivity contribution in [2.45, 2.75) is 465 Å². The molecule has 0 N–H and O–H groups in total. The van der Waals surface area contributed by atoms with Gasteiger partial charge in [-0.3, -0.25) is 0 Å². The third-order valence-electron chi connectivity index (χ3n) is 20.2. The summed E-state index contributed by atoms with van der Waals surface area (Å²) < 4.78 is 1.56. The van der Waals surface area contributed by atoms with E-state index in [9.17, 15) is 5.53 Å². The molecule has 1 aliphatic heterocycles. The van der Waals surface area contributed by atoms with Gasteiger partial charge in [0.2, 0.25) is 11.4 Å². The molecule has 0 saturated heterocycles. The number of rotatable bonds is 66. The van der Waals surface area contributed by atoms with Crippen molar-refractivity contribution in [3.05, 3.63) is 101 Å². The molecule has 93 heavy (non-hydrogen) atoms. The Bertz CT molecular complexity index is 1830. The number of hydrogen-bond acceptors (Lipinski definition) is 0. The summed E-state index contributed by atoms with van der Waals surface area (Å²) >= 11 is 0. The van der Waals surface area contributed by atoms with Gasteiger partial charge >= 0.3 is 16.5 Å². The van der Waals surface area contributed by atoms with Crippen LogP contribution >= 0.6 is 0 Å². The first-order chi connectivity index (χ1) is 45.5. The molecule has 0 spiro atoms. The fourth-order valence-corrected chi connectivity index (χ4v) is 14.0. The van der Waals surface area contributed by atoms with Gasteiger partial charge in [-0.25, -0.2) is 4.70 Å². The zero-order valence-corrected chi connectivity index (χ0v) is 64.9. The van der Waals surface area contributed by atoms with Crippen molar-refractivity contribution in [2.24, 2.45) is 0 Å². The number of hydrogen-bond donors (Lipinski definition) is 0. The van der Waals surface area contributed by atoms with Gasteiger partial charge in [0.25, 0.3) is 0 Å². The van der Waals surface area contributed by atoms with Crippen molar-refractivity contribution in [3.8, 4) is 0 Å². The van der Waals surface area contributed by atoms with Crippen LogP contribution in [-0.2, 0) is 29.3 Å². The van der Waals surface area contributed by atoms with Gasteiger partial charge in [0.1, 0.15) is 0 Å². The molecule has 1 heterocycles. The molecule has 0 unspecified atom stereocenters. The molecule has 0 bridgehead atoms. The molecule has 2 aromatic carbocycles. The number of nitrogens with zero attached hydrogens (tertiary/aromatic N) is 2. The molecule has 0 aromatic heterocycles. The molecule has 2 nitrogen and oxygen atoms in total. The van der Waals surface area contributed by atoms with Crippen LogP contribution in [0.1, 0.15) is 475 Å². The van der Waals surface area contributed by atoms with Gasteiger partial charge in [-0.2, -0.15) is 12.8 Å². The van der Waals surface area contributed by atoms with E-state index in [1.54, 1.807) is 4.70 Å². The molecule has 1 aliphatic rings. The van der Waals surface area contributed by atoms with Crippen LogP contribution in [0.15, 0.2) is 59.7 Å². The molecule has 2 aromatic rings. The first-order valence-corrected chi connectivity index (χ1v) is 42.2. The van der Waals surface area contributed by atoms with Gasteiger partial charge in [-0.1, -0.05) is 425 Å². The zero-order valence-electron chi connectivity index (χ0n) is 63.9. The van der Waals surface area contributed by atoms with Crippen LogP contribution < -0.4 is 0 Å². The molecule has 0 saturated carbocycles. The second-order valence-electron chi connectivity index (χ2n) is 29.2. The SMILES string of the molecule is CCCCCCCCC1=C(c2cccc(CCCC)c2)[N+](=[N-])C(c2cccc(CCCC)c2)=C1CCCC.[CH2-]CCCCCCCCCCCCCCCCCCCCCCCCCC.[CH2-]CCCCCCCCCCCCCCCCCCCCCCCCCC.[Ni+2]. The standard InChI is InChI=1S/C36H52N2.2C27H55.Ni/c1-5-9-13-14-15-16-26-34-33(25-12-8-4)35(31-23-17-21-29(27-31)19-10-6-2)38(37)36(34)32-24-18-22-30(28-32)20-11-7-3;2*1-3-5-7-9-11-13-15-17-19-21-23-25-27-26-24-22-20-18-16-14-12-10-8-6-4-2;/h17-18,21-24,27-28H,5-16,19-20,25-26H2,1-4H3;2*1,3-27H2,2H3;/q;2*-1;+2. The number of aryl methyl sites for hydroxylation is 2. The Kier molecular flexibility index (Phi) is 71.2. The molecule has 0 radical (unpaired) electrons. The Labute approximate surface area is 595 Å². The summed E-state index contributed by atoms with van der Waals surface area (Å²) in [5.41, 5.74) is 21.8. The summed E-state index contributed by atoms with van der Waals surface area (Å²) in [5, 5.41) is 0. The van der Waals surface area contributed by atoms with Crippen LogP contribution in [-0.4, -0.2) is 4.70 Å². The number of unbranched alkanes of at least 4 members (excludes halogenated alkanes) is 56. The average Bonchev–Trinajstić information content (AvgIpc) is 1.61. The van der Waals surface area contributed by atoms with E-state index in [0.29, 0.717) is 0 Å². The molecule has 3 rings (SSSR count). The van der Waals surface area contributed by atoms with Gasteiger partial charge in [0.15, 0.2) is 0 Å². The van der Waals surface area contributed by atoms with Crippen LogP contribution in [0.2, 0.25) is 0 Å². The van der Waals surface area contributed by atoms with E-state index >= 15 is 0 Å². The predicted molar refractivity (Wildman–Crippen MR) is 418 cm³/mol. The van der Waals surface area contributed by atoms with Crippen molar-refractivity contribution in [3.63, 3.8) is 0 Å². The molecule has 0 amide bonds. The van der Waals surface area contributed by atoms with Crippen LogP contribution in [0.25, 0.3) is 16.9 Å². The monoisotopic (exact) mass is 1330 g/mol. The van der Waals surface area contributed by atoms with E-state index < -0.39 is 0 Å². The van der Waals surface area contributed by atoms with E-state index in [4.69, 9.17) is 0 Å². The fourth-order valence-electron chi connectivity index (χ4n) is 14.0. The van der Waals surface area contributed by atoms with Gasteiger partial charge in [0.05, 0.1) is 0 Å². The number of allylic oxidation sites excluding steroid dienone is 2. The van der Waals surface area contributed by atoms with Crippen molar-refractivity contribution >= 4 is 11.4 Å². The average molecular weight is 1330 g/mol. The second-order valence-corrected chi connectivity index (χ2v) is 29.2.